The quantitative estimate of drug-likeness (QED) is 0.0272. The lowest BCUT2D eigenvalue weighted by atomic mass is 10.0. The molecule has 2 N–H and O–H groups in total. The average molecular weight is 1270 g/mol. The number of unbranched alkanes of at least 4 members (excludes halogenated alkanes) is 38. The van der Waals surface area contributed by atoms with Crippen LogP contribution in [0, 0.1) is 0 Å². The van der Waals surface area contributed by atoms with Gasteiger partial charge in [0.2, 0.25) is 5.91 Å². The molecule has 90 heavy (non-hydrogen) atoms. The molecule has 0 bridgehead atoms. The summed E-state index contributed by atoms with van der Waals surface area (Å²) in [4.78, 5) is 25.7. The summed E-state index contributed by atoms with van der Waals surface area (Å²) in [5.41, 5.74) is 0. The first-order chi connectivity index (χ1) is 44.0. The number of rotatable bonds is 69. The Labute approximate surface area is 558 Å². The maximum absolute atomic E-state index is 13.1. The second kappa shape index (κ2) is 70.2. The Balaban J connectivity index is 4.08. The molecule has 0 aromatic rings. The van der Waals surface area contributed by atoms with Crippen LogP contribution in [0.25, 0.3) is 0 Å². The van der Waals surface area contributed by atoms with Crippen LogP contribution in [0.15, 0.2) is 122 Å². The molecule has 1 amide bonds. The van der Waals surface area contributed by atoms with E-state index in [0.717, 1.165) is 103 Å². The van der Waals surface area contributed by atoms with Crippen molar-refractivity contribution in [3.63, 3.8) is 0 Å². The van der Waals surface area contributed by atoms with Gasteiger partial charge in [0.25, 0.3) is 7.82 Å². The van der Waals surface area contributed by atoms with Gasteiger partial charge < -0.3 is 28.8 Å². The molecular formula is C81H145N2O6P. The Morgan fingerprint density at radius 2 is 0.678 bits per heavy atom. The molecule has 3 atom stereocenters. The molecule has 520 valence electrons. The average Bonchev–Trinajstić information content (AvgIpc) is 3.72. The number of amides is 1. The van der Waals surface area contributed by atoms with E-state index >= 15 is 0 Å². The molecule has 0 aliphatic rings. The Morgan fingerprint density at radius 1 is 0.400 bits per heavy atom. The molecule has 0 heterocycles. The highest BCUT2D eigenvalue weighted by Gasteiger charge is 2.23. The van der Waals surface area contributed by atoms with Crippen LogP contribution in [0.4, 0.5) is 0 Å². The maximum atomic E-state index is 13.1. The first-order valence-electron chi connectivity index (χ1n) is 37.9. The summed E-state index contributed by atoms with van der Waals surface area (Å²) in [5, 5.41) is 14.0. The molecule has 0 spiro atoms. The number of phosphoric acid groups is 1. The van der Waals surface area contributed by atoms with E-state index in [9.17, 15) is 19.4 Å². The summed E-state index contributed by atoms with van der Waals surface area (Å²) >= 11 is 0. The van der Waals surface area contributed by atoms with Crippen molar-refractivity contribution < 1.29 is 32.9 Å². The van der Waals surface area contributed by atoms with E-state index in [1.54, 1.807) is 6.08 Å². The van der Waals surface area contributed by atoms with Crippen molar-refractivity contribution in [1.82, 2.24) is 5.32 Å². The second-order valence-corrected chi connectivity index (χ2v) is 28.0. The van der Waals surface area contributed by atoms with Gasteiger partial charge in [0.15, 0.2) is 0 Å². The molecule has 9 heteroatoms. The van der Waals surface area contributed by atoms with E-state index in [2.05, 4.69) is 129 Å². The highest BCUT2D eigenvalue weighted by Crippen LogP contribution is 2.38. The van der Waals surface area contributed by atoms with Gasteiger partial charge >= 0.3 is 0 Å². The van der Waals surface area contributed by atoms with Gasteiger partial charge in [-0.1, -0.05) is 360 Å². The van der Waals surface area contributed by atoms with Crippen molar-refractivity contribution in [2.45, 2.75) is 347 Å². The lowest BCUT2D eigenvalue weighted by molar-refractivity contribution is -0.870. The van der Waals surface area contributed by atoms with Crippen LogP contribution in [0.1, 0.15) is 335 Å². The monoisotopic (exact) mass is 1270 g/mol. The lowest BCUT2D eigenvalue weighted by Gasteiger charge is -2.29. The minimum Gasteiger partial charge on any atom is -0.756 e. The summed E-state index contributed by atoms with van der Waals surface area (Å²) in [5.74, 6) is -0.201. The normalized spacial score (nSPS) is 14.3. The van der Waals surface area contributed by atoms with E-state index in [0.29, 0.717) is 17.4 Å². The summed E-state index contributed by atoms with van der Waals surface area (Å²) in [6.45, 7) is 4.56. The van der Waals surface area contributed by atoms with Crippen molar-refractivity contribution in [3.05, 3.63) is 122 Å². The number of phosphoric ester groups is 1. The molecule has 0 aromatic heterocycles. The number of nitrogens with one attached hydrogen (secondary N) is 1. The summed E-state index contributed by atoms with van der Waals surface area (Å²) < 4.78 is 23.5. The van der Waals surface area contributed by atoms with E-state index in [1.165, 1.54) is 212 Å². The van der Waals surface area contributed by atoms with Gasteiger partial charge in [-0.3, -0.25) is 9.36 Å². The fraction of sp³-hybridized carbons (Fsp3) is 0.741. The molecule has 0 aliphatic carbocycles. The van der Waals surface area contributed by atoms with Gasteiger partial charge in [-0.05, 0) is 89.9 Å². The van der Waals surface area contributed by atoms with Crippen molar-refractivity contribution in [1.29, 1.82) is 0 Å². The molecule has 0 fully saturated rings. The number of carbonyl (C=O) groups is 1. The summed E-state index contributed by atoms with van der Waals surface area (Å²) in [6, 6.07) is -0.898. The third-order valence-electron chi connectivity index (χ3n) is 16.7. The molecule has 0 aliphatic heterocycles. The van der Waals surface area contributed by atoms with E-state index in [4.69, 9.17) is 9.05 Å². The van der Waals surface area contributed by atoms with E-state index in [1.807, 2.05) is 27.2 Å². The predicted octanol–water partition coefficient (Wildman–Crippen LogP) is 24.1. The Bertz CT molecular complexity index is 1890. The van der Waals surface area contributed by atoms with Gasteiger partial charge in [0.1, 0.15) is 13.2 Å². The van der Waals surface area contributed by atoms with Crippen molar-refractivity contribution >= 4 is 13.7 Å². The van der Waals surface area contributed by atoms with Crippen LogP contribution < -0.4 is 10.2 Å². The molecule has 3 unspecified atom stereocenters. The number of carbonyl (C=O) groups excluding carboxylic acids is 1. The third-order valence-corrected chi connectivity index (χ3v) is 17.6. The summed E-state index contributed by atoms with van der Waals surface area (Å²) in [6.07, 6.45) is 105. The molecule has 0 rings (SSSR count). The highest BCUT2D eigenvalue weighted by molar-refractivity contribution is 7.45. The number of hydrogen-bond donors (Lipinski definition) is 2. The lowest BCUT2D eigenvalue weighted by Crippen LogP contribution is -2.45. The second-order valence-electron chi connectivity index (χ2n) is 26.6. The standard InChI is InChI=1S/C81H145N2O6P/c1-6-8-10-12-14-16-18-20-22-24-26-28-30-32-34-36-37-38-39-40-41-42-43-44-45-47-49-51-53-55-57-59-61-63-65-67-69-71-73-75-81(85)82-79(78-89-90(86,87)88-77-76-83(3,4)5)80(84)74-72-70-68-66-64-62-60-58-56-54-52-50-48-46-35-33-31-29-27-25-23-21-19-17-15-13-11-9-7-2/h8,10,14,16,20,22,26,28,32,34,37-38,40-41,43-44,47,49,72,74,79-80,84H,6-7,9,11-13,15,17-19,21,23-25,27,29-31,33,35-36,39,42,45-46,48,50-71,73,75-78H2,1-5H3,(H-,82,85,86,87)/b10-8-,16-14-,22-20-,28-26-,34-32-,38-37-,41-40-,44-43-,49-47-,74-72+. The number of quaternary nitrogens is 1. The molecule has 8 nitrogen and oxygen atoms in total. The Hall–Kier alpha value is -3.10. The zero-order chi connectivity index (χ0) is 65.5. The molecule has 0 saturated heterocycles. The van der Waals surface area contributed by atoms with Crippen molar-refractivity contribution in [2.24, 2.45) is 0 Å². The van der Waals surface area contributed by atoms with E-state index in [-0.39, 0.29) is 19.1 Å². The molecule has 0 radical (unpaired) electrons. The van der Waals surface area contributed by atoms with Gasteiger partial charge in [-0.2, -0.15) is 0 Å². The van der Waals surface area contributed by atoms with E-state index < -0.39 is 20.0 Å². The van der Waals surface area contributed by atoms with Gasteiger partial charge in [0.05, 0.1) is 39.9 Å². The number of likely N-dealkylation sites (N-methyl/N-ethyl adjacent to an activating group) is 1. The first kappa shape index (κ1) is 86.9. The molecule has 0 saturated carbocycles. The minimum absolute atomic E-state index is 0.00574. The topological polar surface area (TPSA) is 108 Å². The van der Waals surface area contributed by atoms with Crippen LogP contribution in [0.5, 0.6) is 0 Å². The molecular weight excluding hydrogens is 1130 g/mol. The number of aliphatic hydroxyl groups excluding tert-OH is 1. The van der Waals surface area contributed by atoms with Gasteiger partial charge in [-0.15, -0.1) is 0 Å². The Kier molecular flexibility index (Phi) is 67.8. The highest BCUT2D eigenvalue weighted by atomic mass is 31.2. The number of aliphatic hydroxyl groups is 1. The van der Waals surface area contributed by atoms with Crippen molar-refractivity contribution in [2.75, 3.05) is 40.9 Å². The fourth-order valence-electron chi connectivity index (χ4n) is 10.9. The SMILES string of the molecule is CC/C=C\C/C=C\C/C=C\C/C=C\C/C=C\C/C=C\C/C=C\C/C=C\C/C=C\CCCCCCCCCCCCCC(=O)NC(COP(=O)([O-])OCC[N+](C)(C)C)C(O)/C=C/CCCCCCCCCCCCCCCCCCCCCCCCCCCCC. The van der Waals surface area contributed by atoms with Crippen LogP contribution in [-0.4, -0.2) is 68.5 Å². The molecule has 0 aromatic carbocycles. The largest absolute Gasteiger partial charge is 0.756 e. The van der Waals surface area contributed by atoms with Crippen LogP contribution >= 0.6 is 7.82 Å². The predicted molar refractivity (Wildman–Crippen MR) is 394 cm³/mol. The van der Waals surface area contributed by atoms with Gasteiger partial charge in [-0.25, -0.2) is 0 Å². The number of nitrogens with zero attached hydrogens (tertiary/aromatic N) is 1. The minimum atomic E-state index is -4.61. The smallest absolute Gasteiger partial charge is 0.268 e. The number of hydrogen-bond acceptors (Lipinski definition) is 6. The summed E-state index contributed by atoms with van der Waals surface area (Å²) in [7, 11) is 1.26. The Morgan fingerprint density at radius 3 is 0.989 bits per heavy atom. The van der Waals surface area contributed by atoms with Crippen LogP contribution in [0.3, 0.4) is 0 Å². The zero-order valence-electron chi connectivity index (χ0n) is 59.6. The van der Waals surface area contributed by atoms with Gasteiger partial charge in [0, 0.05) is 6.42 Å². The van der Waals surface area contributed by atoms with Crippen LogP contribution in [-0.2, 0) is 18.4 Å². The zero-order valence-corrected chi connectivity index (χ0v) is 60.5. The third kappa shape index (κ3) is 72.3. The van der Waals surface area contributed by atoms with Crippen molar-refractivity contribution in [3.8, 4) is 0 Å². The number of allylic oxidation sites excluding steroid dienone is 19. The first-order valence-corrected chi connectivity index (χ1v) is 39.4. The van der Waals surface area contributed by atoms with Crippen LogP contribution in [0.2, 0.25) is 0 Å². The fourth-order valence-corrected chi connectivity index (χ4v) is 11.6. The maximum Gasteiger partial charge on any atom is 0.268 e.